The maximum absolute atomic E-state index is 2.51. The van der Waals surface area contributed by atoms with Gasteiger partial charge in [0.25, 0.3) is 0 Å². The van der Waals surface area contributed by atoms with E-state index in [0.29, 0.717) is 11.8 Å². The second kappa shape index (κ2) is 10.4. The summed E-state index contributed by atoms with van der Waals surface area (Å²) in [6, 6.07) is 47.8. The molecule has 1 aromatic heterocycles. The smallest absolute Gasteiger partial charge is 0.0544 e. The number of fused-ring (bicyclic) bond motifs is 6. The van der Waals surface area contributed by atoms with Gasteiger partial charge >= 0.3 is 0 Å². The maximum Gasteiger partial charge on any atom is 0.0544 e. The van der Waals surface area contributed by atoms with Crippen LogP contribution in [0.25, 0.3) is 60.9 Å². The van der Waals surface area contributed by atoms with Gasteiger partial charge in [0.2, 0.25) is 0 Å². The van der Waals surface area contributed by atoms with E-state index >= 15 is 0 Å². The molecule has 0 saturated carbocycles. The molecule has 1 aliphatic rings. The summed E-state index contributed by atoms with van der Waals surface area (Å²) >= 11 is 0. The number of hydrogen-bond acceptors (Lipinski definition) is 0. The lowest BCUT2D eigenvalue weighted by molar-refractivity contribution is 0.868. The third kappa shape index (κ3) is 4.14. The second-order valence-corrected chi connectivity index (χ2v) is 12.9. The average Bonchev–Trinajstić information content (AvgIpc) is 3.59. The van der Waals surface area contributed by atoms with Crippen molar-refractivity contribution in [1.29, 1.82) is 0 Å². The van der Waals surface area contributed by atoms with Gasteiger partial charge in [-0.15, -0.1) is 0 Å². The van der Waals surface area contributed by atoms with Gasteiger partial charge in [-0.25, -0.2) is 0 Å². The van der Waals surface area contributed by atoms with E-state index in [9.17, 15) is 0 Å². The van der Waals surface area contributed by atoms with Crippen molar-refractivity contribution in [2.75, 3.05) is 0 Å². The fraction of sp³-hybridized carbons (Fsp3) is 0.163. The number of aromatic nitrogens is 1. The zero-order valence-electron chi connectivity index (χ0n) is 25.9. The molecular formula is C43H37N. The normalized spacial score (nSPS) is 12.4. The minimum atomic E-state index is 0.455. The zero-order chi connectivity index (χ0) is 29.9. The van der Waals surface area contributed by atoms with Crippen molar-refractivity contribution in [3.63, 3.8) is 0 Å². The predicted molar refractivity (Wildman–Crippen MR) is 188 cm³/mol. The lowest BCUT2D eigenvalue weighted by atomic mass is 9.88. The number of para-hydroxylation sites is 1. The molecule has 0 N–H and O–H groups in total. The molecule has 0 bridgehead atoms. The molecule has 0 aliphatic heterocycles. The average molecular weight is 568 g/mol. The number of nitrogens with zero attached hydrogens (tertiary/aromatic N) is 1. The van der Waals surface area contributed by atoms with Crippen LogP contribution in [0.4, 0.5) is 0 Å². The van der Waals surface area contributed by atoms with Crippen molar-refractivity contribution in [2.45, 2.75) is 46.0 Å². The molecule has 7 aromatic rings. The van der Waals surface area contributed by atoms with Gasteiger partial charge in [0.15, 0.2) is 0 Å². The SMILES string of the molecule is CC(C)c1ccc2c(c1)c1ccc(C(C)C)cc1n2-c1ccccc1-c1ccccc1-c1cccc2c1-c1ccccc1C2. The third-order valence-corrected chi connectivity index (χ3v) is 9.62. The van der Waals surface area contributed by atoms with Gasteiger partial charge in [0.1, 0.15) is 0 Å². The highest BCUT2D eigenvalue weighted by Gasteiger charge is 2.24. The molecule has 0 amide bonds. The Hall–Kier alpha value is -4.88. The Morgan fingerprint density at radius 3 is 1.82 bits per heavy atom. The largest absolute Gasteiger partial charge is 0.309 e. The molecular weight excluding hydrogens is 530 g/mol. The summed E-state index contributed by atoms with van der Waals surface area (Å²) < 4.78 is 2.51. The molecule has 214 valence electrons. The maximum atomic E-state index is 2.51. The molecule has 0 radical (unpaired) electrons. The summed E-state index contributed by atoms with van der Waals surface area (Å²) in [5.41, 5.74) is 17.1. The summed E-state index contributed by atoms with van der Waals surface area (Å²) in [6.45, 7) is 9.13. The van der Waals surface area contributed by atoms with Crippen LogP contribution in [-0.2, 0) is 6.42 Å². The number of benzene rings is 6. The predicted octanol–water partition coefficient (Wildman–Crippen LogP) is 11.9. The van der Waals surface area contributed by atoms with E-state index in [4.69, 9.17) is 0 Å². The monoisotopic (exact) mass is 567 g/mol. The van der Waals surface area contributed by atoms with Crippen LogP contribution in [0.15, 0.2) is 127 Å². The first-order valence-electron chi connectivity index (χ1n) is 16.0. The fourth-order valence-electron chi connectivity index (χ4n) is 7.30. The van der Waals surface area contributed by atoms with Crippen LogP contribution in [0.2, 0.25) is 0 Å². The topological polar surface area (TPSA) is 4.93 Å². The van der Waals surface area contributed by atoms with Crippen molar-refractivity contribution in [3.8, 4) is 39.1 Å². The Kier molecular flexibility index (Phi) is 6.31. The first-order valence-corrected chi connectivity index (χ1v) is 16.0. The van der Waals surface area contributed by atoms with Crippen LogP contribution >= 0.6 is 0 Å². The van der Waals surface area contributed by atoms with Crippen LogP contribution in [0.1, 0.15) is 61.8 Å². The number of rotatable bonds is 5. The Balaban J connectivity index is 1.41. The van der Waals surface area contributed by atoms with Crippen molar-refractivity contribution in [2.24, 2.45) is 0 Å². The van der Waals surface area contributed by atoms with Gasteiger partial charge in [0.05, 0.1) is 16.7 Å². The Labute approximate surface area is 260 Å². The quantitative estimate of drug-likeness (QED) is 0.195. The summed E-state index contributed by atoms with van der Waals surface area (Å²) in [6.07, 6.45) is 0.996. The van der Waals surface area contributed by atoms with E-state index < -0.39 is 0 Å². The minimum Gasteiger partial charge on any atom is -0.309 e. The molecule has 1 aliphatic carbocycles. The van der Waals surface area contributed by atoms with Crippen molar-refractivity contribution < 1.29 is 0 Å². The molecule has 44 heavy (non-hydrogen) atoms. The summed E-state index contributed by atoms with van der Waals surface area (Å²) in [5, 5.41) is 2.63. The highest BCUT2D eigenvalue weighted by atomic mass is 15.0. The van der Waals surface area contributed by atoms with E-state index in [1.165, 1.54) is 83.1 Å². The van der Waals surface area contributed by atoms with Crippen LogP contribution in [0, 0.1) is 0 Å². The Morgan fingerprint density at radius 1 is 0.455 bits per heavy atom. The molecule has 6 aromatic carbocycles. The Morgan fingerprint density at radius 2 is 1.05 bits per heavy atom. The lowest BCUT2D eigenvalue weighted by Gasteiger charge is -2.19. The summed E-state index contributed by atoms with van der Waals surface area (Å²) in [5.74, 6) is 0.931. The fourth-order valence-corrected chi connectivity index (χ4v) is 7.30. The third-order valence-electron chi connectivity index (χ3n) is 9.62. The highest BCUT2D eigenvalue weighted by molar-refractivity contribution is 6.10. The van der Waals surface area contributed by atoms with Crippen LogP contribution < -0.4 is 0 Å². The zero-order valence-corrected chi connectivity index (χ0v) is 25.9. The Bertz CT molecular complexity index is 2210. The van der Waals surface area contributed by atoms with Gasteiger partial charge < -0.3 is 4.57 Å². The van der Waals surface area contributed by atoms with Crippen molar-refractivity contribution in [1.82, 2.24) is 4.57 Å². The van der Waals surface area contributed by atoms with Crippen LogP contribution in [0.5, 0.6) is 0 Å². The van der Waals surface area contributed by atoms with Crippen molar-refractivity contribution >= 4 is 21.8 Å². The molecule has 0 atom stereocenters. The van der Waals surface area contributed by atoms with E-state index in [2.05, 4.69) is 160 Å². The van der Waals surface area contributed by atoms with E-state index in [1.807, 2.05) is 0 Å². The standard InChI is InChI=1S/C43H37N/c1-27(2)29-21-23-41-39(25-29)37-22-20-30(28(3)4)26-42(37)44(41)40-19-10-9-17-36(40)34-15-7-8-16-35(34)38-18-11-13-32-24-31-12-5-6-14-33(31)43(32)38/h5-23,25-28H,24H2,1-4H3. The van der Waals surface area contributed by atoms with Gasteiger partial charge in [0, 0.05) is 16.3 Å². The molecule has 0 spiro atoms. The molecule has 0 saturated heterocycles. The molecule has 1 heterocycles. The summed E-state index contributed by atoms with van der Waals surface area (Å²) in [4.78, 5) is 0. The van der Waals surface area contributed by atoms with E-state index in [-0.39, 0.29) is 0 Å². The molecule has 0 fully saturated rings. The van der Waals surface area contributed by atoms with Gasteiger partial charge in [-0.3, -0.25) is 0 Å². The first-order chi connectivity index (χ1) is 21.5. The molecule has 8 rings (SSSR count). The van der Waals surface area contributed by atoms with Gasteiger partial charge in [-0.05, 0) is 92.6 Å². The van der Waals surface area contributed by atoms with Crippen LogP contribution in [0.3, 0.4) is 0 Å². The van der Waals surface area contributed by atoms with E-state index in [0.717, 1.165) is 6.42 Å². The van der Waals surface area contributed by atoms with E-state index in [1.54, 1.807) is 0 Å². The van der Waals surface area contributed by atoms with Crippen LogP contribution in [-0.4, -0.2) is 4.57 Å². The van der Waals surface area contributed by atoms with Gasteiger partial charge in [-0.2, -0.15) is 0 Å². The number of hydrogen-bond donors (Lipinski definition) is 0. The second-order valence-electron chi connectivity index (χ2n) is 12.9. The first kappa shape index (κ1) is 26.7. The molecule has 0 unspecified atom stereocenters. The minimum absolute atomic E-state index is 0.455. The van der Waals surface area contributed by atoms with Crippen molar-refractivity contribution in [3.05, 3.63) is 150 Å². The molecule has 1 nitrogen and oxygen atoms in total. The highest BCUT2D eigenvalue weighted by Crippen LogP contribution is 2.46. The van der Waals surface area contributed by atoms with Gasteiger partial charge in [-0.1, -0.05) is 131 Å². The summed E-state index contributed by atoms with van der Waals surface area (Å²) in [7, 11) is 0. The molecule has 1 heteroatoms. The lowest BCUT2D eigenvalue weighted by Crippen LogP contribution is -1.99.